The first-order valence-electron chi connectivity index (χ1n) is 7.04. The summed E-state index contributed by atoms with van der Waals surface area (Å²) >= 11 is 12.0. The van der Waals surface area contributed by atoms with Crippen molar-refractivity contribution in [3.63, 3.8) is 0 Å². The van der Waals surface area contributed by atoms with Crippen LogP contribution < -0.4 is 10.9 Å². The smallest absolute Gasteiger partial charge is 0.319 e. The van der Waals surface area contributed by atoms with Crippen LogP contribution in [0.15, 0.2) is 48.5 Å². The van der Waals surface area contributed by atoms with E-state index in [1.807, 2.05) is 30.3 Å². The molecule has 0 aliphatic carbocycles. The van der Waals surface area contributed by atoms with Crippen molar-refractivity contribution in [3.05, 3.63) is 64.1 Å². The summed E-state index contributed by atoms with van der Waals surface area (Å²) in [6.07, 6.45) is 0. The van der Waals surface area contributed by atoms with Crippen LogP contribution in [0.1, 0.15) is 5.56 Å². The van der Waals surface area contributed by atoms with E-state index in [0.29, 0.717) is 22.2 Å². The number of aromatic nitrogens is 3. The number of hydrogen-bond donors (Lipinski definition) is 3. The molecule has 0 unspecified atom stereocenters. The van der Waals surface area contributed by atoms with Crippen LogP contribution in [0, 0.1) is 0 Å². The molecule has 6 nitrogen and oxygen atoms in total. The summed E-state index contributed by atoms with van der Waals surface area (Å²) in [4.78, 5) is 12.0. The van der Waals surface area contributed by atoms with Gasteiger partial charge in [-0.1, -0.05) is 53.5 Å². The third-order valence-electron chi connectivity index (χ3n) is 3.08. The summed E-state index contributed by atoms with van der Waals surface area (Å²) in [7, 11) is 0. The second-order valence-corrected chi connectivity index (χ2v) is 5.78. The molecular weight excluding hydrogens is 349 g/mol. The number of nitrogens with one attached hydrogen (secondary N) is 2. The quantitative estimate of drug-likeness (QED) is 0.601. The van der Waals surface area contributed by atoms with Gasteiger partial charge in [0.25, 0.3) is 0 Å². The van der Waals surface area contributed by atoms with Gasteiger partial charge in [-0.25, -0.2) is 5.43 Å². The number of benzene rings is 2. The molecule has 0 bridgehead atoms. The number of aromatic hydroxyl groups is 1. The van der Waals surface area contributed by atoms with E-state index < -0.39 is 6.01 Å². The zero-order valence-electron chi connectivity index (χ0n) is 12.4. The fourth-order valence-corrected chi connectivity index (χ4v) is 2.58. The maximum atomic E-state index is 9.71. The molecule has 1 heterocycles. The molecule has 0 saturated heterocycles. The minimum absolute atomic E-state index is 0.185. The molecule has 2 aromatic carbocycles. The molecule has 0 radical (unpaired) electrons. The Kier molecular flexibility index (Phi) is 5.10. The van der Waals surface area contributed by atoms with Gasteiger partial charge < -0.3 is 5.11 Å². The zero-order valence-corrected chi connectivity index (χ0v) is 13.9. The van der Waals surface area contributed by atoms with Crippen molar-refractivity contribution in [2.45, 2.75) is 6.54 Å². The summed E-state index contributed by atoms with van der Waals surface area (Å²) in [5.74, 6) is 0.445. The average Bonchev–Trinajstić information content (AvgIpc) is 2.54. The first-order valence-corrected chi connectivity index (χ1v) is 7.80. The molecule has 3 N–H and O–H groups in total. The molecule has 0 aliphatic rings. The maximum Gasteiger partial charge on any atom is 0.319 e. The van der Waals surface area contributed by atoms with E-state index >= 15 is 0 Å². The van der Waals surface area contributed by atoms with E-state index in [9.17, 15) is 5.11 Å². The van der Waals surface area contributed by atoms with Crippen molar-refractivity contribution in [2.24, 2.45) is 0 Å². The Balaban J connectivity index is 1.76. The molecule has 8 heteroatoms. The van der Waals surface area contributed by atoms with Gasteiger partial charge >= 0.3 is 6.01 Å². The zero-order chi connectivity index (χ0) is 16.9. The van der Waals surface area contributed by atoms with Gasteiger partial charge in [0.1, 0.15) is 0 Å². The molecule has 0 fully saturated rings. The lowest BCUT2D eigenvalue weighted by atomic mass is 10.2. The van der Waals surface area contributed by atoms with Crippen LogP contribution in [0.2, 0.25) is 10.0 Å². The second kappa shape index (κ2) is 7.44. The van der Waals surface area contributed by atoms with E-state index in [1.165, 1.54) is 0 Å². The van der Waals surface area contributed by atoms with Crippen molar-refractivity contribution in [2.75, 3.05) is 5.43 Å². The predicted molar refractivity (Wildman–Crippen MR) is 93.9 cm³/mol. The van der Waals surface area contributed by atoms with E-state index in [1.54, 1.807) is 18.2 Å². The second-order valence-electron chi connectivity index (χ2n) is 4.90. The molecule has 0 aliphatic heterocycles. The van der Waals surface area contributed by atoms with Gasteiger partial charge in [-0.2, -0.15) is 15.0 Å². The highest BCUT2D eigenvalue weighted by molar-refractivity contribution is 6.35. The van der Waals surface area contributed by atoms with Crippen LogP contribution in [-0.2, 0) is 6.54 Å². The Bertz CT molecular complexity index is 825. The molecule has 1 aromatic heterocycles. The molecule has 24 heavy (non-hydrogen) atoms. The number of halogens is 2. The first-order chi connectivity index (χ1) is 11.6. The van der Waals surface area contributed by atoms with Crippen molar-refractivity contribution >= 4 is 29.2 Å². The first kappa shape index (κ1) is 16.4. The fraction of sp³-hybridized carbons (Fsp3) is 0.0625. The molecule has 3 aromatic rings. The van der Waals surface area contributed by atoms with E-state index in [-0.39, 0.29) is 11.8 Å². The lowest BCUT2D eigenvalue weighted by molar-refractivity contribution is 0.429. The van der Waals surface area contributed by atoms with Gasteiger partial charge in [0.15, 0.2) is 5.82 Å². The normalized spacial score (nSPS) is 10.6. The van der Waals surface area contributed by atoms with Gasteiger partial charge in [0.05, 0.1) is 0 Å². The number of nitrogens with zero attached hydrogens (tertiary/aromatic N) is 3. The molecule has 0 spiro atoms. The minimum Gasteiger partial charge on any atom is -0.479 e. The molecule has 122 valence electrons. The Morgan fingerprint density at radius 1 is 0.917 bits per heavy atom. The summed E-state index contributed by atoms with van der Waals surface area (Å²) in [6, 6.07) is 14.3. The number of anilines is 1. The highest BCUT2D eigenvalue weighted by Crippen LogP contribution is 2.26. The van der Waals surface area contributed by atoms with Gasteiger partial charge in [0.2, 0.25) is 5.95 Å². The van der Waals surface area contributed by atoms with Gasteiger partial charge in [-0.05, 0) is 23.8 Å². The SMILES string of the molecule is Oc1nc(NNCc2ccccc2)nc(-c2cc(Cl)cc(Cl)c2)n1. The summed E-state index contributed by atoms with van der Waals surface area (Å²) in [6.45, 7) is 0.561. The van der Waals surface area contributed by atoms with Crippen LogP contribution in [0.3, 0.4) is 0 Å². The van der Waals surface area contributed by atoms with E-state index in [2.05, 4.69) is 25.8 Å². The topological polar surface area (TPSA) is 83.0 Å². The van der Waals surface area contributed by atoms with Crippen LogP contribution in [0.4, 0.5) is 5.95 Å². The summed E-state index contributed by atoms with van der Waals surface area (Å²) in [5.41, 5.74) is 7.48. The van der Waals surface area contributed by atoms with Gasteiger partial charge in [0, 0.05) is 22.2 Å². The number of hydrogen-bond acceptors (Lipinski definition) is 6. The molecular formula is C16H13Cl2N5O. The Hall–Kier alpha value is -2.41. The van der Waals surface area contributed by atoms with Crippen molar-refractivity contribution < 1.29 is 5.11 Å². The van der Waals surface area contributed by atoms with E-state index in [0.717, 1.165) is 5.56 Å². The van der Waals surface area contributed by atoms with Crippen molar-refractivity contribution in [1.29, 1.82) is 0 Å². The standard InChI is InChI=1S/C16H13Cl2N5O/c17-12-6-11(7-13(18)8-12)14-20-15(22-16(24)21-14)23-19-9-10-4-2-1-3-5-10/h1-8,19H,9H2,(H2,20,21,22,23,24). The van der Waals surface area contributed by atoms with Crippen LogP contribution in [-0.4, -0.2) is 20.1 Å². The third kappa shape index (κ3) is 4.32. The highest BCUT2D eigenvalue weighted by Gasteiger charge is 2.09. The predicted octanol–water partition coefficient (Wildman–Crippen LogP) is 3.67. The van der Waals surface area contributed by atoms with Crippen molar-refractivity contribution in [3.8, 4) is 17.4 Å². The van der Waals surface area contributed by atoms with Crippen LogP contribution >= 0.6 is 23.2 Å². The van der Waals surface area contributed by atoms with Gasteiger partial charge in [-0.15, -0.1) is 0 Å². The number of rotatable bonds is 5. The fourth-order valence-electron chi connectivity index (χ4n) is 2.05. The summed E-state index contributed by atoms with van der Waals surface area (Å²) in [5, 5.41) is 10.6. The lowest BCUT2D eigenvalue weighted by Crippen LogP contribution is -2.22. The third-order valence-corrected chi connectivity index (χ3v) is 3.52. The average molecular weight is 362 g/mol. The van der Waals surface area contributed by atoms with Crippen LogP contribution in [0.25, 0.3) is 11.4 Å². The maximum absolute atomic E-state index is 9.71. The Labute approximate surface area is 148 Å². The monoisotopic (exact) mass is 361 g/mol. The Morgan fingerprint density at radius 3 is 2.33 bits per heavy atom. The van der Waals surface area contributed by atoms with Gasteiger partial charge in [-0.3, -0.25) is 5.43 Å². The number of hydrazine groups is 1. The minimum atomic E-state index is -0.403. The molecule has 0 amide bonds. The summed E-state index contributed by atoms with van der Waals surface area (Å²) < 4.78 is 0. The molecule has 3 rings (SSSR count). The highest BCUT2D eigenvalue weighted by atomic mass is 35.5. The van der Waals surface area contributed by atoms with E-state index in [4.69, 9.17) is 23.2 Å². The Morgan fingerprint density at radius 2 is 1.62 bits per heavy atom. The van der Waals surface area contributed by atoms with Crippen LogP contribution in [0.5, 0.6) is 6.01 Å². The molecule has 0 atom stereocenters. The largest absolute Gasteiger partial charge is 0.479 e. The van der Waals surface area contributed by atoms with Crippen molar-refractivity contribution in [1.82, 2.24) is 20.4 Å². The lowest BCUT2D eigenvalue weighted by Gasteiger charge is -2.09. The molecule has 0 saturated carbocycles.